The Bertz CT molecular complexity index is 625. The normalized spacial score (nSPS) is 16.7. The Morgan fingerprint density at radius 2 is 2.11 bits per heavy atom. The molecular weight excluding hydrogens is 459 g/mol. The topological polar surface area (TPSA) is 75.2 Å². The summed E-state index contributed by atoms with van der Waals surface area (Å²) in [6.07, 6.45) is 1.24. The molecule has 27 heavy (non-hydrogen) atoms. The van der Waals surface area contributed by atoms with Gasteiger partial charge in [-0.15, -0.1) is 24.0 Å². The highest BCUT2D eigenvalue weighted by Crippen LogP contribution is 2.30. The van der Waals surface area contributed by atoms with Crippen molar-refractivity contribution in [1.29, 1.82) is 0 Å². The number of nitrogens with zero attached hydrogens (tertiary/aromatic N) is 2. The number of aliphatic imine (C=N–C) groups is 1. The van der Waals surface area contributed by atoms with Gasteiger partial charge < -0.3 is 25.0 Å². The number of esters is 1. The van der Waals surface area contributed by atoms with Crippen molar-refractivity contribution in [2.45, 2.75) is 38.8 Å². The lowest BCUT2D eigenvalue weighted by Crippen LogP contribution is -2.45. The first-order valence-electron chi connectivity index (χ1n) is 9.08. The Labute approximate surface area is 178 Å². The molecule has 1 aliphatic rings. The summed E-state index contributed by atoms with van der Waals surface area (Å²) >= 11 is 0. The van der Waals surface area contributed by atoms with E-state index in [1.54, 1.807) is 14.2 Å². The van der Waals surface area contributed by atoms with Crippen LogP contribution >= 0.6 is 24.0 Å². The van der Waals surface area contributed by atoms with E-state index in [1.165, 1.54) is 0 Å². The lowest BCUT2D eigenvalue weighted by Gasteiger charge is -2.22. The fourth-order valence-electron chi connectivity index (χ4n) is 2.98. The van der Waals surface area contributed by atoms with Gasteiger partial charge >= 0.3 is 5.97 Å². The fourth-order valence-corrected chi connectivity index (χ4v) is 2.98. The third-order valence-electron chi connectivity index (χ3n) is 4.17. The maximum absolute atomic E-state index is 11.6. The van der Waals surface area contributed by atoms with Crippen LogP contribution in [0.15, 0.2) is 29.3 Å². The summed E-state index contributed by atoms with van der Waals surface area (Å²) in [5.74, 6) is 1.39. The van der Waals surface area contributed by atoms with E-state index in [0.29, 0.717) is 18.9 Å². The summed E-state index contributed by atoms with van der Waals surface area (Å²) in [6, 6.07) is 8.34. The molecular formula is C19H31IN4O3. The minimum absolute atomic E-state index is 0. The average molecular weight is 490 g/mol. The number of para-hydroxylation sites is 2. The van der Waals surface area contributed by atoms with E-state index in [2.05, 4.69) is 26.6 Å². The van der Waals surface area contributed by atoms with E-state index in [0.717, 1.165) is 30.9 Å². The SMILES string of the molecule is CN=C(NCCC(=O)OC(C)C)NC1CCN(c2ccccc2OC)C1.I. The van der Waals surface area contributed by atoms with Gasteiger partial charge in [-0.25, -0.2) is 0 Å². The Morgan fingerprint density at radius 3 is 2.78 bits per heavy atom. The minimum atomic E-state index is -0.203. The number of benzene rings is 1. The molecule has 1 atom stereocenters. The summed E-state index contributed by atoms with van der Waals surface area (Å²) in [4.78, 5) is 18.1. The maximum atomic E-state index is 11.6. The van der Waals surface area contributed by atoms with Gasteiger partial charge in [0.2, 0.25) is 0 Å². The Hall–Kier alpha value is -1.71. The van der Waals surface area contributed by atoms with Crippen molar-refractivity contribution in [2.75, 3.05) is 38.7 Å². The molecule has 1 fully saturated rings. The standard InChI is InChI=1S/C19H30N4O3.HI/c1-14(2)26-18(24)9-11-21-19(20-3)22-15-10-12-23(13-15)16-7-5-6-8-17(16)25-4;/h5-8,14-15H,9-13H2,1-4H3,(H2,20,21,22);1H. The smallest absolute Gasteiger partial charge is 0.307 e. The number of hydrogen-bond acceptors (Lipinski definition) is 5. The highest BCUT2D eigenvalue weighted by molar-refractivity contribution is 14.0. The summed E-state index contributed by atoms with van der Waals surface area (Å²) in [6.45, 7) is 6.01. The van der Waals surface area contributed by atoms with E-state index in [-0.39, 0.29) is 42.1 Å². The molecule has 1 aromatic carbocycles. The van der Waals surface area contributed by atoms with Crippen molar-refractivity contribution in [3.8, 4) is 5.75 Å². The first-order chi connectivity index (χ1) is 12.5. The van der Waals surface area contributed by atoms with E-state index < -0.39 is 0 Å². The van der Waals surface area contributed by atoms with E-state index >= 15 is 0 Å². The lowest BCUT2D eigenvalue weighted by molar-refractivity contribution is -0.147. The molecule has 1 aliphatic heterocycles. The Morgan fingerprint density at radius 1 is 1.37 bits per heavy atom. The molecule has 152 valence electrons. The van der Waals surface area contributed by atoms with Gasteiger partial charge in [0, 0.05) is 32.7 Å². The number of carbonyl (C=O) groups is 1. The van der Waals surface area contributed by atoms with Gasteiger partial charge in [-0.1, -0.05) is 12.1 Å². The quantitative estimate of drug-likeness (QED) is 0.265. The predicted octanol–water partition coefficient (Wildman–Crippen LogP) is 2.40. The minimum Gasteiger partial charge on any atom is -0.495 e. The van der Waals surface area contributed by atoms with Gasteiger partial charge in [0.25, 0.3) is 0 Å². The van der Waals surface area contributed by atoms with Crippen molar-refractivity contribution in [2.24, 2.45) is 4.99 Å². The van der Waals surface area contributed by atoms with Crippen LogP contribution in [0.3, 0.4) is 0 Å². The van der Waals surface area contributed by atoms with Gasteiger partial charge in [-0.3, -0.25) is 9.79 Å². The summed E-state index contributed by atoms with van der Waals surface area (Å²) in [5.41, 5.74) is 1.11. The van der Waals surface area contributed by atoms with E-state index in [9.17, 15) is 4.79 Å². The molecule has 0 bridgehead atoms. The largest absolute Gasteiger partial charge is 0.495 e. The number of anilines is 1. The molecule has 0 radical (unpaired) electrons. The van der Waals surface area contributed by atoms with Gasteiger partial charge in [0.1, 0.15) is 5.75 Å². The number of hydrogen-bond donors (Lipinski definition) is 2. The van der Waals surface area contributed by atoms with Gasteiger partial charge in [-0.2, -0.15) is 0 Å². The van der Waals surface area contributed by atoms with Gasteiger partial charge in [0.05, 0.1) is 25.3 Å². The second-order valence-electron chi connectivity index (χ2n) is 6.54. The number of guanidine groups is 1. The van der Waals surface area contributed by atoms with Crippen LogP contribution in [-0.2, 0) is 9.53 Å². The highest BCUT2D eigenvalue weighted by atomic mass is 127. The molecule has 0 aromatic heterocycles. The molecule has 0 amide bonds. The van der Waals surface area contributed by atoms with Gasteiger partial charge in [0.15, 0.2) is 5.96 Å². The molecule has 2 rings (SSSR count). The summed E-state index contributed by atoms with van der Waals surface area (Å²) in [5, 5.41) is 6.59. The van der Waals surface area contributed by atoms with E-state index in [4.69, 9.17) is 9.47 Å². The fraction of sp³-hybridized carbons (Fsp3) is 0.579. The van der Waals surface area contributed by atoms with Gasteiger partial charge in [-0.05, 0) is 32.4 Å². The van der Waals surface area contributed by atoms with Crippen LogP contribution < -0.4 is 20.3 Å². The zero-order valence-electron chi connectivity index (χ0n) is 16.5. The number of ether oxygens (including phenoxy) is 2. The van der Waals surface area contributed by atoms with Crippen molar-refractivity contribution in [3.05, 3.63) is 24.3 Å². The monoisotopic (exact) mass is 490 g/mol. The van der Waals surface area contributed by atoms with Crippen molar-refractivity contribution in [1.82, 2.24) is 10.6 Å². The molecule has 1 saturated heterocycles. The number of methoxy groups -OCH3 is 1. The number of halogens is 1. The molecule has 1 unspecified atom stereocenters. The Balaban J connectivity index is 0.00000364. The molecule has 2 N–H and O–H groups in total. The first-order valence-corrected chi connectivity index (χ1v) is 9.08. The third-order valence-corrected chi connectivity index (χ3v) is 4.17. The molecule has 0 saturated carbocycles. The average Bonchev–Trinajstić information content (AvgIpc) is 3.08. The molecule has 0 aliphatic carbocycles. The lowest BCUT2D eigenvalue weighted by atomic mass is 10.2. The van der Waals surface area contributed by atoms with E-state index in [1.807, 2.05) is 32.0 Å². The first kappa shape index (κ1) is 23.3. The zero-order chi connectivity index (χ0) is 18.9. The Kier molecular flexibility index (Phi) is 10.3. The van der Waals surface area contributed by atoms with Crippen molar-refractivity contribution < 1.29 is 14.3 Å². The molecule has 7 nitrogen and oxygen atoms in total. The predicted molar refractivity (Wildman–Crippen MR) is 119 cm³/mol. The van der Waals surface area contributed by atoms with Crippen LogP contribution in [0.4, 0.5) is 5.69 Å². The van der Waals surface area contributed by atoms with Crippen molar-refractivity contribution >= 4 is 41.6 Å². The van der Waals surface area contributed by atoms with Crippen LogP contribution in [-0.4, -0.2) is 57.9 Å². The molecule has 1 aromatic rings. The molecule has 0 spiro atoms. The van der Waals surface area contributed by atoms with Crippen LogP contribution in [0.25, 0.3) is 0 Å². The van der Waals surface area contributed by atoms with Crippen LogP contribution in [0.5, 0.6) is 5.75 Å². The number of rotatable bonds is 7. The second-order valence-corrected chi connectivity index (χ2v) is 6.54. The second kappa shape index (κ2) is 11.9. The highest BCUT2D eigenvalue weighted by Gasteiger charge is 2.25. The number of nitrogens with one attached hydrogen (secondary N) is 2. The van der Waals surface area contributed by atoms with Crippen LogP contribution in [0.2, 0.25) is 0 Å². The molecule has 8 heteroatoms. The maximum Gasteiger partial charge on any atom is 0.307 e. The zero-order valence-corrected chi connectivity index (χ0v) is 18.9. The molecule has 1 heterocycles. The summed E-state index contributed by atoms with van der Waals surface area (Å²) < 4.78 is 10.6. The summed E-state index contributed by atoms with van der Waals surface area (Å²) in [7, 11) is 3.43. The third kappa shape index (κ3) is 7.43. The van der Waals surface area contributed by atoms with Crippen molar-refractivity contribution in [3.63, 3.8) is 0 Å². The number of carbonyl (C=O) groups excluding carboxylic acids is 1. The van der Waals surface area contributed by atoms with Crippen LogP contribution in [0.1, 0.15) is 26.7 Å². The van der Waals surface area contributed by atoms with Crippen LogP contribution in [0, 0.1) is 0 Å².